The SMILES string of the molecule is O=C(NC1(CO)CCC1)c1nn(-c2c[n+](O)ccn2)c2c1C[C@H]1C[C@@H]21. The topological polar surface area (TPSA) is 104 Å². The summed E-state index contributed by atoms with van der Waals surface area (Å²) in [4.78, 5) is 17.1. The number of aliphatic hydroxyl groups excluding tert-OH is 1. The van der Waals surface area contributed by atoms with Gasteiger partial charge in [-0.2, -0.15) is 5.10 Å². The molecule has 0 saturated heterocycles. The number of rotatable bonds is 4. The highest BCUT2D eigenvalue weighted by Crippen LogP contribution is 2.57. The van der Waals surface area contributed by atoms with E-state index in [2.05, 4.69) is 15.4 Å². The summed E-state index contributed by atoms with van der Waals surface area (Å²) in [7, 11) is 0. The molecule has 2 heterocycles. The summed E-state index contributed by atoms with van der Waals surface area (Å²) in [5, 5.41) is 26.8. The minimum Gasteiger partial charge on any atom is -0.394 e. The molecule has 8 heteroatoms. The average Bonchev–Trinajstić information content (AvgIpc) is 3.07. The molecule has 3 aliphatic rings. The van der Waals surface area contributed by atoms with Crippen molar-refractivity contribution < 1.29 is 19.8 Å². The first-order valence-electron chi connectivity index (χ1n) is 8.72. The largest absolute Gasteiger partial charge is 0.394 e. The molecule has 2 fully saturated rings. The van der Waals surface area contributed by atoms with Crippen molar-refractivity contribution in [1.29, 1.82) is 0 Å². The van der Waals surface area contributed by atoms with Crippen LogP contribution in [0.5, 0.6) is 0 Å². The number of hydrogen-bond acceptors (Lipinski definition) is 5. The maximum atomic E-state index is 12.8. The van der Waals surface area contributed by atoms with Crippen LogP contribution in [0.25, 0.3) is 5.82 Å². The minimum absolute atomic E-state index is 0.0440. The summed E-state index contributed by atoms with van der Waals surface area (Å²) >= 11 is 0. The van der Waals surface area contributed by atoms with E-state index in [1.54, 1.807) is 4.68 Å². The Morgan fingerprint density at radius 2 is 2.32 bits per heavy atom. The molecule has 3 N–H and O–H groups in total. The highest BCUT2D eigenvalue weighted by Gasteiger charge is 2.51. The summed E-state index contributed by atoms with van der Waals surface area (Å²) in [6.45, 7) is -0.0440. The van der Waals surface area contributed by atoms with Crippen molar-refractivity contribution in [2.45, 2.75) is 43.6 Å². The fourth-order valence-electron chi connectivity index (χ4n) is 4.18. The molecule has 8 nitrogen and oxygen atoms in total. The van der Waals surface area contributed by atoms with E-state index in [-0.39, 0.29) is 12.5 Å². The van der Waals surface area contributed by atoms with Crippen molar-refractivity contribution in [3.05, 3.63) is 35.5 Å². The molecule has 0 radical (unpaired) electrons. The number of fused-ring (bicyclic) bond motifs is 3. The average molecular weight is 342 g/mol. The van der Waals surface area contributed by atoms with Gasteiger partial charge in [0.15, 0.2) is 5.69 Å². The zero-order chi connectivity index (χ0) is 17.2. The van der Waals surface area contributed by atoms with E-state index in [0.717, 1.165) is 48.1 Å². The lowest BCUT2D eigenvalue weighted by Gasteiger charge is -2.40. The summed E-state index contributed by atoms with van der Waals surface area (Å²) in [6.07, 6.45) is 9.00. The number of aliphatic hydroxyl groups is 1. The Morgan fingerprint density at radius 1 is 1.48 bits per heavy atom. The number of aromatic nitrogens is 4. The van der Waals surface area contributed by atoms with Crippen molar-refractivity contribution in [3.63, 3.8) is 0 Å². The lowest BCUT2D eigenvalue weighted by Crippen LogP contribution is -2.56. The van der Waals surface area contributed by atoms with E-state index in [9.17, 15) is 15.1 Å². The molecule has 3 aliphatic carbocycles. The number of hydrogen-bond donors (Lipinski definition) is 3. The van der Waals surface area contributed by atoms with Gasteiger partial charge in [0.1, 0.15) is 0 Å². The predicted octanol–water partition coefficient (Wildman–Crippen LogP) is 0.0965. The van der Waals surface area contributed by atoms with Crippen LogP contribution in [0.15, 0.2) is 18.6 Å². The van der Waals surface area contributed by atoms with Gasteiger partial charge in [0.05, 0.1) is 24.0 Å². The Kier molecular flexibility index (Phi) is 2.97. The quantitative estimate of drug-likeness (QED) is 0.540. The van der Waals surface area contributed by atoms with Crippen LogP contribution < -0.4 is 10.0 Å². The number of carbonyl (C=O) groups is 1. The van der Waals surface area contributed by atoms with Crippen LogP contribution in [-0.4, -0.2) is 43.1 Å². The van der Waals surface area contributed by atoms with Crippen LogP contribution in [0.1, 0.15) is 53.3 Å². The Labute approximate surface area is 144 Å². The highest BCUT2D eigenvalue weighted by atomic mass is 16.5. The molecule has 5 rings (SSSR count). The molecular formula is C17H20N5O3+. The van der Waals surface area contributed by atoms with Gasteiger partial charge >= 0.3 is 0 Å². The van der Waals surface area contributed by atoms with Gasteiger partial charge in [0.2, 0.25) is 12.0 Å². The molecule has 1 amide bonds. The fourth-order valence-corrected chi connectivity index (χ4v) is 4.18. The van der Waals surface area contributed by atoms with E-state index >= 15 is 0 Å². The van der Waals surface area contributed by atoms with Crippen molar-refractivity contribution in [3.8, 4) is 5.82 Å². The first kappa shape index (κ1) is 14.8. The molecule has 0 bridgehead atoms. The Morgan fingerprint density at radius 3 is 3.00 bits per heavy atom. The second kappa shape index (κ2) is 5.01. The monoisotopic (exact) mass is 342 g/mol. The van der Waals surface area contributed by atoms with Crippen LogP contribution in [0.2, 0.25) is 0 Å². The lowest BCUT2D eigenvalue weighted by molar-refractivity contribution is -0.904. The molecule has 0 unspecified atom stereocenters. The molecule has 2 aromatic rings. The zero-order valence-electron chi connectivity index (χ0n) is 13.7. The normalized spacial score (nSPS) is 25.0. The Hall–Kier alpha value is -2.48. The molecule has 2 atom stereocenters. The summed E-state index contributed by atoms with van der Waals surface area (Å²) in [5.74, 6) is 1.28. The predicted molar refractivity (Wildman–Crippen MR) is 84.4 cm³/mol. The van der Waals surface area contributed by atoms with Crippen molar-refractivity contribution >= 4 is 5.91 Å². The maximum Gasteiger partial charge on any atom is 0.272 e. The fraction of sp³-hybridized carbons (Fsp3) is 0.529. The van der Waals surface area contributed by atoms with Crippen LogP contribution in [-0.2, 0) is 6.42 Å². The summed E-state index contributed by atoms with van der Waals surface area (Å²) in [5.41, 5.74) is 1.97. The Bertz CT molecular complexity index is 868. The Balaban J connectivity index is 1.54. The number of carbonyl (C=O) groups excluding carboxylic acids is 1. The van der Waals surface area contributed by atoms with Gasteiger partial charge in [-0.3, -0.25) is 10.0 Å². The van der Waals surface area contributed by atoms with E-state index in [4.69, 9.17) is 0 Å². The number of nitrogens with one attached hydrogen (secondary N) is 1. The smallest absolute Gasteiger partial charge is 0.272 e. The van der Waals surface area contributed by atoms with E-state index in [1.165, 1.54) is 18.6 Å². The van der Waals surface area contributed by atoms with Gasteiger partial charge in [-0.15, -0.1) is 0 Å². The van der Waals surface area contributed by atoms with E-state index < -0.39 is 5.54 Å². The van der Waals surface area contributed by atoms with Gasteiger partial charge in [-0.1, -0.05) is 0 Å². The molecule has 0 aromatic carbocycles. The molecule has 130 valence electrons. The van der Waals surface area contributed by atoms with Crippen LogP contribution in [0.4, 0.5) is 0 Å². The third kappa shape index (κ3) is 2.17. The highest BCUT2D eigenvalue weighted by molar-refractivity contribution is 5.95. The van der Waals surface area contributed by atoms with E-state index in [1.807, 2.05) is 0 Å². The molecule has 0 aliphatic heterocycles. The standard InChI is InChI=1S/C17H19N5O3/c23-9-17(2-1-3-17)19-16(24)14-12-7-10-6-11(10)15(12)22(20-14)13-8-21(25)5-4-18-13/h4-5,8,10-11,23H,1-3,6-7,9H2,(H-,18,19,24,25)/p+1/t10-,11-/m1/s1. The molecule has 2 aromatic heterocycles. The van der Waals surface area contributed by atoms with Crippen LogP contribution in [0.3, 0.4) is 0 Å². The van der Waals surface area contributed by atoms with Gasteiger partial charge in [0, 0.05) is 16.2 Å². The van der Waals surface area contributed by atoms with Crippen molar-refractivity contribution in [2.24, 2.45) is 5.92 Å². The van der Waals surface area contributed by atoms with Crippen molar-refractivity contribution in [2.75, 3.05) is 6.61 Å². The number of amides is 1. The van der Waals surface area contributed by atoms with Gasteiger partial charge in [-0.05, 0) is 38.0 Å². The zero-order valence-corrected chi connectivity index (χ0v) is 13.7. The van der Waals surface area contributed by atoms with Crippen molar-refractivity contribution in [1.82, 2.24) is 20.1 Å². The molecule has 25 heavy (non-hydrogen) atoms. The van der Waals surface area contributed by atoms with E-state index in [0.29, 0.717) is 23.3 Å². The van der Waals surface area contributed by atoms with Gasteiger partial charge < -0.3 is 10.4 Å². The summed E-state index contributed by atoms with van der Waals surface area (Å²) < 4.78 is 2.63. The lowest BCUT2D eigenvalue weighted by atomic mass is 9.77. The first-order chi connectivity index (χ1) is 12.1. The van der Waals surface area contributed by atoms with Gasteiger partial charge in [-0.25, -0.2) is 9.67 Å². The molecule has 0 spiro atoms. The summed E-state index contributed by atoms with van der Waals surface area (Å²) in [6, 6.07) is 0. The minimum atomic E-state index is -0.492. The van der Waals surface area contributed by atoms with Crippen LogP contribution in [0, 0.1) is 5.92 Å². The molecular weight excluding hydrogens is 322 g/mol. The second-order valence-corrected chi connectivity index (χ2v) is 7.47. The van der Waals surface area contributed by atoms with Crippen LogP contribution >= 0.6 is 0 Å². The first-order valence-corrected chi connectivity index (χ1v) is 8.72. The second-order valence-electron chi connectivity index (χ2n) is 7.47. The van der Waals surface area contributed by atoms with Gasteiger partial charge in [0.25, 0.3) is 12.1 Å². The third-order valence-electron chi connectivity index (χ3n) is 5.86. The molecule has 2 saturated carbocycles. The number of nitrogens with zero attached hydrogens (tertiary/aromatic N) is 4. The third-order valence-corrected chi connectivity index (χ3v) is 5.86. The maximum absolute atomic E-state index is 12.8.